The number of amidine groups is 1. The van der Waals surface area contributed by atoms with Gasteiger partial charge in [-0.15, -0.1) is 10.2 Å². The standard InChI is InChI=1S/C11H10BrF2N3S/c12-11(13,14)7-8-1-3-9(4-2-8)16-17-10-15-5-6-18-10/h1-4H,5-7H2. The minimum absolute atomic E-state index is 0.340. The Morgan fingerprint density at radius 3 is 2.56 bits per heavy atom. The molecule has 1 aliphatic heterocycles. The van der Waals surface area contributed by atoms with E-state index in [2.05, 4.69) is 31.2 Å². The summed E-state index contributed by atoms with van der Waals surface area (Å²) in [7, 11) is 0. The van der Waals surface area contributed by atoms with Gasteiger partial charge in [0.2, 0.25) is 5.17 Å². The minimum Gasteiger partial charge on any atom is -0.258 e. The van der Waals surface area contributed by atoms with Crippen LogP contribution in [0.1, 0.15) is 5.56 Å². The maximum absolute atomic E-state index is 12.7. The van der Waals surface area contributed by atoms with E-state index in [1.165, 1.54) is 0 Å². The van der Waals surface area contributed by atoms with Crippen LogP contribution in [0.25, 0.3) is 0 Å². The number of hydrogen-bond acceptors (Lipinski definition) is 4. The van der Waals surface area contributed by atoms with E-state index in [1.807, 2.05) is 0 Å². The Labute approximate surface area is 116 Å². The second kappa shape index (κ2) is 5.88. The zero-order valence-corrected chi connectivity index (χ0v) is 11.7. The highest BCUT2D eigenvalue weighted by Gasteiger charge is 2.23. The largest absolute Gasteiger partial charge is 0.305 e. The van der Waals surface area contributed by atoms with Crippen molar-refractivity contribution in [2.75, 3.05) is 12.3 Å². The van der Waals surface area contributed by atoms with E-state index in [9.17, 15) is 8.78 Å². The summed E-state index contributed by atoms with van der Waals surface area (Å²) in [6.07, 6.45) is -0.340. The number of azo groups is 1. The van der Waals surface area contributed by atoms with Crippen molar-refractivity contribution in [3.05, 3.63) is 29.8 Å². The lowest BCUT2D eigenvalue weighted by Crippen LogP contribution is -2.08. The minimum atomic E-state index is -2.87. The smallest absolute Gasteiger partial charge is 0.258 e. The van der Waals surface area contributed by atoms with Crippen LogP contribution in [-0.2, 0) is 6.42 Å². The third-order valence-corrected chi connectivity index (χ3v) is 3.30. The highest BCUT2D eigenvalue weighted by molar-refractivity contribution is 9.10. The number of benzene rings is 1. The van der Waals surface area contributed by atoms with Gasteiger partial charge in [0.25, 0.3) is 0 Å². The van der Waals surface area contributed by atoms with Gasteiger partial charge in [0, 0.05) is 12.2 Å². The van der Waals surface area contributed by atoms with Crippen LogP contribution in [0.3, 0.4) is 0 Å². The highest BCUT2D eigenvalue weighted by Crippen LogP contribution is 2.27. The Balaban J connectivity index is 1.99. The van der Waals surface area contributed by atoms with E-state index in [0.29, 0.717) is 16.4 Å². The average molecular weight is 334 g/mol. The van der Waals surface area contributed by atoms with Gasteiger partial charge in [-0.3, -0.25) is 4.99 Å². The molecule has 1 aromatic carbocycles. The summed E-state index contributed by atoms with van der Waals surface area (Å²) in [5.41, 5.74) is 1.18. The molecule has 96 valence electrons. The molecule has 0 bridgehead atoms. The topological polar surface area (TPSA) is 37.1 Å². The summed E-state index contributed by atoms with van der Waals surface area (Å²) in [5.74, 6) is 0.938. The predicted octanol–water partition coefficient (Wildman–Crippen LogP) is 4.40. The lowest BCUT2D eigenvalue weighted by atomic mass is 10.1. The van der Waals surface area contributed by atoms with Gasteiger partial charge in [-0.1, -0.05) is 23.9 Å². The van der Waals surface area contributed by atoms with Gasteiger partial charge in [-0.2, -0.15) is 8.78 Å². The molecule has 0 amide bonds. The van der Waals surface area contributed by atoms with Crippen LogP contribution < -0.4 is 0 Å². The van der Waals surface area contributed by atoms with Crippen molar-refractivity contribution in [3.8, 4) is 0 Å². The van der Waals surface area contributed by atoms with E-state index < -0.39 is 4.83 Å². The molecule has 18 heavy (non-hydrogen) atoms. The first-order chi connectivity index (χ1) is 8.53. The van der Waals surface area contributed by atoms with E-state index >= 15 is 0 Å². The zero-order chi connectivity index (χ0) is 13.0. The number of alkyl halides is 3. The fraction of sp³-hybridized carbons (Fsp3) is 0.364. The fourth-order valence-electron chi connectivity index (χ4n) is 1.40. The SMILES string of the molecule is FC(F)(Br)Cc1ccc(N=NC2=NCCS2)cc1. The Kier molecular flexibility index (Phi) is 4.45. The number of halogens is 3. The summed E-state index contributed by atoms with van der Waals surface area (Å²) in [4.78, 5) is 1.26. The fourth-order valence-corrected chi connectivity index (χ4v) is 2.37. The van der Waals surface area contributed by atoms with Crippen molar-refractivity contribution >= 4 is 38.5 Å². The van der Waals surface area contributed by atoms with Gasteiger partial charge in [0.15, 0.2) is 0 Å². The average Bonchev–Trinajstić information content (AvgIpc) is 2.79. The second-order valence-corrected chi connectivity index (χ2v) is 5.89. The van der Waals surface area contributed by atoms with Crippen molar-refractivity contribution in [1.29, 1.82) is 0 Å². The molecule has 0 saturated heterocycles. The molecule has 0 fully saturated rings. The van der Waals surface area contributed by atoms with Crippen LogP contribution in [0.15, 0.2) is 39.5 Å². The van der Waals surface area contributed by atoms with E-state index in [4.69, 9.17) is 0 Å². The molecule has 1 aromatic rings. The summed E-state index contributed by atoms with van der Waals surface area (Å²) in [6.45, 7) is 0.776. The zero-order valence-electron chi connectivity index (χ0n) is 9.31. The third kappa shape index (κ3) is 4.45. The van der Waals surface area contributed by atoms with Crippen LogP contribution >= 0.6 is 27.7 Å². The number of thioether (sulfide) groups is 1. The molecule has 0 aromatic heterocycles. The predicted molar refractivity (Wildman–Crippen MR) is 73.3 cm³/mol. The Hall–Kier alpha value is -0.820. The third-order valence-electron chi connectivity index (χ3n) is 2.16. The molecule has 0 saturated carbocycles. The maximum Gasteiger partial charge on any atom is 0.305 e. The molecule has 0 unspecified atom stereocenters. The van der Waals surface area contributed by atoms with Gasteiger partial charge in [-0.05, 0) is 33.6 Å². The van der Waals surface area contributed by atoms with Crippen molar-refractivity contribution < 1.29 is 8.78 Å². The van der Waals surface area contributed by atoms with E-state index in [1.54, 1.807) is 36.0 Å². The summed E-state index contributed by atoms with van der Waals surface area (Å²) < 4.78 is 25.4. The molecular formula is C11H10BrF2N3S. The van der Waals surface area contributed by atoms with Crippen LogP contribution in [0, 0.1) is 0 Å². The normalized spacial score (nSPS) is 16.3. The molecule has 0 N–H and O–H groups in total. The number of nitrogens with zero attached hydrogens (tertiary/aromatic N) is 3. The molecule has 2 rings (SSSR count). The molecule has 0 aliphatic carbocycles. The lowest BCUT2D eigenvalue weighted by Gasteiger charge is -2.07. The second-order valence-electron chi connectivity index (χ2n) is 3.67. The number of hydrogen-bond donors (Lipinski definition) is 0. The van der Waals surface area contributed by atoms with Gasteiger partial charge < -0.3 is 0 Å². The van der Waals surface area contributed by atoms with Crippen LogP contribution in [0.4, 0.5) is 14.5 Å². The molecule has 1 heterocycles. The van der Waals surface area contributed by atoms with Gasteiger partial charge >= 0.3 is 4.83 Å². The molecule has 0 radical (unpaired) electrons. The Morgan fingerprint density at radius 1 is 1.28 bits per heavy atom. The monoisotopic (exact) mass is 333 g/mol. The molecule has 3 nitrogen and oxygen atoms in total. The van der Waals surface area contributed by atoms with Crippen LogP contribution in [0.2, 0.25) is 0 Å². The molecule has 0 spiro atoms. The van der Waals surface area contributed by atoms with Gasteiger partial charge in [-0.25, -0.2) is 0 Å². The Bertz CT molecular complexity index is 468. The first-order valence-corrected chi connectivity index (χ1v) is 7.05. The molecule has 0 atom stereocenters. The van der Waals surface area contributed by atoms with Crippen molar-refractivity contribution in [2.45, 2.75) is 11.3 Å². The van der Waals surface area contributed by atoms with E-state index in [-0.39, 0.29) is 6.42 Å². The quantitative estimate of drug-likeness (QED) is 0.596. The summed E-state index contributed by atoms with van der Waals surface area (Å²) in [5, 5.41) is 8.65. The van der Waals surface area contributed by atoms with Crippen molar-refractivity contribution in [2.24, 2.45) is 15.2 Å². The lowest BCUT2D eigenvalue weighted by molar-refractivity contribution is 0.115. The molecular weight excluding hydrogens is 324 g/mol. The highest BCUT2D eigenvalue weighted by atomic mass is 79.9. The molecule has 1 aliphatic rings. The van der Waals surface area contributed by atoms with Crippen molar-refractivity contribution in [1.82, 2.24) is 0 Å². The number of aliphatic imine (C=N–C) groups is 1. The Morgan fingerprint density at radius 2 is 2.00 bits per heavy atom. The van der Waals surface area contributed by atoms with Crippen molar-refractivity contribution in [3.63, 3.8) is 0 Å². The summed E-state index contributed by atoms with van der Waals surface area (Å²) in [6, 6.07) is 6.57. The summed E-state index contributed by atoms with van der Waals surface area (Å²) >= 11 is 3.87. The first kappa shape index (κ1) is 13.6. The van der Waals surface area contributed by atoms with Gasteiger partial charge in [0.05, 0.1) is 12.2 Å². The number of rotatable bonds is 3. The van der Waals surface area contributed by atoms with Gasteiger partial charge in [0.1, 0.15) is 0 Å². The maximum atomic E-state index is 12.7. The molecule has 7 heteroatoms. The first-order valence-electron chi connectivity index (χ1n) is 5.28. The van der Waals surface area contributed by atoms with Crippen LogP contribution in [-0.4, -0.2) is 22.3 Å². The van der Waals surface area contributed by atoms with E-state index in [0.717, 1.165) is 12.3 Å². The van der Waals surface area contributed by atoms with Crippen LogP contribution in [0.5, 0.6) is 0 Å².